The summed E-state index contributed by atoms with van der Waals surface area (Å²) in [6, 6.07) is 6.18. The lowest BCUT2D eigenvalue weighted by Crippen LogP contribution is -2.29. The Labute approximate surface area is 158 Å². The van der Waals surface area contributed by atoms with Crippen molar-refractivity contribution in [1.82, 2.24) is 9.55 Å². The first-order valence-corrected chi connectivity index (χ1v) is 10.7. The van der Waals surface area contributed by atoms with Gasteiger partial charge in [-0.2, -0.15) is 0 Å². The van der Waals surface area contributed by atoms with Gasteiger partial charge in [-0.05, 0) is 68.7 Å². The molecule has 0 bridgehead atoms. The Kier molecular flexibility index (Phi) is 5.44. The summed E-state index contributed by atoms with van der Waals surface area (Å²) >= 11 is 1.70. The Balaban J connectivity index is 1.71. The first kappa shape index (κ1) is 17.8. The number of aromatic nitrogens is 2. The molecule has 1 saturated carbocycles. The Morgan fingerprint density at radius 3 is 2.54 bits per heavy atom. The molecule has 4 rings (SSSR count). The van der Waals surface area contributed by atoms with E-state index in [0.29, 0.717) is 11.6 Å². The molecule has 0 atom stereocenters. The molecule has 1 aromatic carbocycles. The van der Waals surface area contributed by atoms with Gasteiger partial charge in [0, 0.05) is 11.3 Å². The van der Waals surface area contributed by atoms with E-state index >= 15 is 0 Å². The molecule has 0 radical (unpaired) electrons. The minimum absolute atomic E-state index is 0.0347. The van der Waals surface area contributed by atoms with Crippen molar-refractivity contribution in [2.75, 3.05) is 5.75 Å². The van der Waals surface area contributed by atoms with Gasteiger partial charge in [0.2, 0.25) is 0 Å². The molecule has 3 nitrogen and oxygen atoms in total. The summed E-state index contributed by atoms with van der Waals surface area (Å²) in [6.45, 7) is 0. The first-order chi connectivity index (χ1) is 12.7. The Hall–Kier alpha value is -1.62. The van der Waals surface area contributed by atoms with Crippen LogP contribution in [0, 0.1) is 11.7 Å². The maximum absolute atomic E-state index is 13.4. The van der Waals surface area contributed by atoms with E-state index in [4.69, 9.17) is 4.98 Å². The van der Waals surface area contributed by atoms with Gasteiger partial charge in [-0.15, -0.1) is 0 Å². The van der Waals surface area contributed by atoms with E-state index in [1.807, 2.05) is 0 Å². The van der Waals surface area contributed by atoms with E-state index in [9.17, 15) is 9.18 Å². The molecule has 0 N–H and O–H groups in total. The van der Waals surface area contributed by atoms with Crippen LogP contribution >= 0.6 is 11.8 Å². The van der Waals surface area contributed by atoms with E-state index < -0.39 is 0 Å². The van der Waals surface area contributed by atoms with Crippen LogP contribution in [0.5, 0.6) is 0 Å². The molecule has 0 unspecified atom stereocenters. The van der Waals surface area contributed by atoms with Gasteiger partial charge in [0.05, 0.1) is 11.4 Å². The van der Waals surface area contributed by atoms with Crippen LogP contribution in [-0.2, 0) is 12.8 Å². The SMILES string of the molecule is O=c1c2c(nc(SCC3CCCCC3)n1-c1ccc(F)cc1)CCCC2. The average Bonchev–Trinajstić information content (AvgIpc) is 2.68. The van der Waals surface area contributed by atoms with Crippen molar-refractivity contribution < 1.29 is 4.39 Å². The molecule has 5 heteroatoms. The van der Waals surface area contributed by atoms with Crippen LogP contribution in [0.2, 0.25) is 0 Å². The fraction of sp³-hybridized carbons (Fsp3) is 0.524. The second kappa shape index (κ2) is 7.95. The maximum Gasteiger partial charge on any atom is 0.262 e. The summed E-state index contributed by atoms with van der Waals surface area (Å²) in [6.07, 6.45) is 10.4. The van der Waals surface area contributed by atoms with Gasteiger partial charge in [-0.1, -0.05) is 31.0 Å². The third-order valence-electron chi connectivity index (χ3n) is 5.58. The molecular weight excluding hydrogens is 347 g/mol. The number of thioether (sulfide) groups is 1. The van der Waals surface area contributed by atoms with Crippen molar-refractivity contribution in [2.45, 2.75) is 62.9 Å². The highest BCUT2D eigenvalue weighted by Gasteiger charge is 2.22. The lowest BCUT2D eigenvalue weighted by molar-refractivity contribution is 0.390. The third kappa shape index (κ3) is 3.73. The fourth-order valence-electron chi connectivity index (χ4n) is 4.09. The van der Waals surface area contributed by atoms with Gasteiger partial charge < -0.3 is 0 Å². The van der Waals surface area contributed by atoms with Crippen molar-refractivity contribution in [2.24, 2.45) is 5.92 Å². The molecule has 138 valence electrons. The van der Waals surface area contributed by atoms with E-state index in [1.165, 1.54) is 44.2 Å². The van der Waals surface area contributed by atoms with Crippen LogP contribution < -0.4 is 5.56 Å². The van der Waals surface area contributed by atoms with E-state index in [0.717, 1.165) is 47.8 Å². The second-order valence-corrected chi connectivity index (χ2v) is 8.45. The summed E-state index contributed by atoms with van der Waals surface area (Å²) in [4.78, 5) is 18.1. The predicted octanol–water partition coefficient (Wildman–Crippen LogP) is 4.92. The number of aryl methyl sites for hydroxylation is 1. The smallest absolute Gasteiger partial charge is 0.262 e. The van der Waals surface area contributed by atoms with Crippen LogP contribution in [0.15, 0.2) is 34.2 Å². The zero-order chi connectivity index (χ0) is 17.9. The highest BCUT2D eigenvalue weighted by atomic mass is 32.2. The highest BCUT2D eigenvalue weighted by molar-refractivity contribution is 7.99. The quantitative estimate of drug-likeness (QED) is 0.564. The van der Waals surface area contributed by atoms with Gasteiger partial charge >= 0.3 is 0 Å². The lowest BCUT2D eigenvalue weighted by Gasteiger charge is -2.23. The lowest BCUT2D eigenvalue weighted by atomic mass is 9.91. The monoisotopic (exact) mass is 372 g/mol. The summed E-state index contributed by atoms with van der Waals surface area (Å²) in [5, 5.41) is 0.771. The van der Waals surface area contributed by atoms with Gasteiger partial charge in [-0.3, -0.25) is 9.36 Å². The summed E-state index contributed by atoms with van der Waals surface area (Å²) in [5.41, 5.74) is 2.57. The van der Waals surface area contributed by atoms with Crippen LogP contribution in [0.1, 0.15) is 56.2 Å². The van der Waals surface area contributed by atoms with Crippen molar-refractivity contribution in [3.63, 3.8) is 0 Å². The summed E-state index contributed by atoms with van der Waals surface area (Å²) in [5.74, 6) is 1.43. The molecular formula is C21H25FN2OS. The number of hydrogen-bond acceptors (Lipinski definition) is 3. The van der Waals surface area contributed by atoms with Crippen LogP contribution in [0.25, 0.3) is 5.69 Å². The molecule has 0 saturated heterocycles. The van der Waals surface area contributed by atoms with Gasteiger partial charge in [0.1, 0.15) is 5.82 Å². The number of nitrogens with zero attached hydrogens (tertiary/aromatic N) is 2. The summed E-state index contributed by atoms with van der Waals surface area (Å²) in [7, 11) is 0. The highest BCUT2D eigenvalue weighted by Crippen LogP contribution is 2.30. The largest absolute Gasteiger partial charge is 0.269 e. The zero-order valence-corrected chi connectivity index (χ0v) is 15.9. The van der Waals surface area contributed by atoms with E-state index in [1.54, 1.807) is 28.5 Å². The van der Waals surface area contributed by atoms with Gasteiger partial charge in [0.15, 0.2) is 5.16 Å². The van der Waals surface area contributed by atoms with Crippen LogP contribution in [0.4, 0.5) is 4.39 Å². The number of rotatable bonds is 4. The molecule has 0 spiro atoms. The van der Waals surface area contributed by atoms with Crippen LogP contribution in [0.3, 0.4) is 0 Å². The molecule has 1 fully saturated rings. The second-order valence-electron chi connectivity index (χ2n) is 7.46. The van der Waals surface area contributed by atoms with E-state index in [2.05, 4.69) is 0 Å². The average molecular weight is 373 g/mol. The Morgan fingerprint density at radius 2 is 1.77 bits per heavy atom. The number of fused-ring (bicyclic) bond motifs is 1. The molecule has 0 aliphatic heterocycles. The van der Waals surface area contributed by atoms with Crippen molar-refractivity contribution in [3.8, 4) is 5.69 Å². The summed E-state index contributed by atoms with van der Waals surface area (Å²) < 4.78 is 15.1. The van der Waals surface area contributed by atoms with Gasteiger partial charge in [0.25, 0.3) is 5.56 Å². The fourth-order valence-corrected chi connectivity index (χ4v) is 5.30. The Morgan fingerprint density at radius 1 is 1.04 bits per heavy atom. The number of hydrogen-bond donors (Lipinski definition) is 0. The van der Waals surface area contributed by atoms with Crippen molar-refractivity contribution >= 4 is 11.8 Å². The van der Waals surface area contributed by atoms with Crippen LogP contribution in [-0.4, -0.2) is 15.3 Å². The van der Waals surface area contributed by atoms with Crippen molar-refractivity contribution in [1.29, 1.82) is 0 Å². The minimum Gasteiger partial charge on any atom is -0.269 e. The molecule has 2 aromatic rings. The van der Waals surface area contributed by atoms with Gasteiger partial charge in [-0.25, -0.2) is 9.37 Å². The first-order valence-electron chi connectivity index (χ1n) is 9.76. The maximum atomic E-state index is 13.4. The minimum atomic E-state index is -0.288. The number of benzene rings is 1. The predicted molar refractivity (Wildman–Crippen MR) is 104 cm³/mol. The third-order valence-corrected chi connectivity index (χ3v) is 6.75. The van der Waals surface area contributed by atoms with E-state index in [-0.39, 0.29) is 11.4 Å². The molecule has 1 aromatic heterocycles. The Bertz CT molecular complexity index is 825. The molecule has 2 aliphatic rings. The topological polar surface area (TPSA) is 34.9 Å². The zero-order valence-electron chi connectivity index (χ0n) is 15.0. The number of halogens is 1. The molecule has 2 aliphatic carbocycles. The normalized spacial score (nSPS) is 17.9. The molecule has 26 heavy (non-hydrogen) atoms. The standard InChI is InChI=1S/C21H25FN2OS/c22-16-10-12-17(13-11-16)24-20(25)18-8-4-5-9-19(18)23-21(24)26-14-15-6-2-1-3-7-15/h10-13,15H,1-9,14H2. The molecule has 1 heterocycles. The van der Waals surface area contributed by atoms with Crippen molar-refractivity contribution in [3.05, 3.63) is 51.7 Å². The molecule has 0 amide bonds.